The maximum Gasteiger partial charge on any atom is 0.256 e. The molecule has 0 aliphatic rings. The van der Waals surface area contributed by atoms with Crippen LogP contribution in [0.5, 0.6) is 0 Å². The number of rotatable bonds is 3. The van der Waals surface area contributed by atoms with Gasteiger partial charge in [-0.2, -0.15) is 5.10 Å². The number of aromatic nitrogens is 3. The smallest absolute Gasteiger partial charge is 0.256 e. The summed E-state index contributed by atoms with van der Waals surface area (Å²) in [6.07, 6.45) is 1.56. The molecule has 0 saturated carbocycles. The molecular formula is C19H14Cl2N4O2. The lowest BCUT2D eigenvalue weighted by Crippen LogP contribution is -2.13. The van der Waals surface area contributed by atoms with E-state index >= 15 is 0 Å². The third kappa shape index (κ3) is 3.29. The second kappa shape index (κ2) is 6.72. The maximum atomic E-state index is 13.0. The maximum absolute atomic E-state index is 13.0. The molecule has 0 saturated heterocycles. The number of carbonyl (C=O) groups excluding carboxylic acids is 1. The van der Waals surface area contributed by atoms with Gasteiger partial charge in [0.15, 0.2) is 11.4 Å². The molecule has 27 heavy (non-hydrogen) atoms. The molecule has 136 valence electrons. The van der Waals surface area contributed by atoms with Crippen LogP contribution in [0.25, 0.3) is 22.5 Å². The molecule has 3 heterocycles. The SMILES string of the molecule is Cc1nn(C)c2nc(-c3ccco3)cc(C(=O)Nc3cc(Cl)cc(Cl)c3)c12. The number of nitrogens with zero attached hydrogens (tertiary/aromatic N) is 3. The molecular weight excluding hydrogens is 387 g/mol. The molecule has 0 atom stereocenters. The number of halogens is 2. The molecule has 0 spiro atoms. The van der Waals surface area contributed by atoms with Crippen LogP contribution in [-0.2, 0) is 7.05 Å². The van der Waals surface area contributed by atoms with Crippen LogP contribution in [0.15, 0.2) is 47.1 Å². The Morgan fingerprint density at radius 2 is 1.93 bits per heavy atom. The summed E-state index contributed by atoms with van der Waals surface area (Å²) < 4.78 is 7.08. The minimum atomic E-state index is -0.315. The van der Waals surface area contributed by atoms with Crippen molar-refractivity contribution in [2.75, 3.05) is 5.32 Å². The molecule has 0 fully saturated rings. The highest BCUT2D eigenvalue weighted by Crippen LogP contribution is 2.28. The highest BCUT2D eigenvalue weighted by atomic mass is 35.5. The van der Waals surface area contributed by atoms with Crippen molar-refractivity contribution in [1.82, 2.24) is 14.8 Å². The number of anilines is 1. The van der Waals surface area contributed by atoms with Crippen LogP contribution < -0.4 is 5.32 Å². The average Bonchev–Trinajstić information content (AvgIpc) is 3.22. The highest BCUT2D eigenvalue weighted by molar-refractivity contribution is 6.35. The molecule has 0 aliphatic carbocycles. The summed E-state index contributed by atoms with van der Waals surface area (Å²) in [4.78, 5) is 17.6. The third-order valence-corrected chi connectivity index (χ3v) is 4.54. The van der Waals surface area contributed by atoms with Crippen LogP contribution in [0.1, 0.15) is 16.1 Å². The zero-order valence-corrected chi connectivity index (χ0v) is 16.0. The first-order chi connectivity index (χ1) is 12.9. The van der Waals surface area contributed by atoms with Crippen LogP contribution in [0.3, 0.4) is 0 Å². The minimum Gasteiger partial charge on any atom is -0.463 e. The second-order valence-corrected chi connectivity index (χ2v) is 6.93. The number of nitrogens with one attached hydrogen (secondary N) is 1. The van der Waals surface area contributed by atoms with Crippen molar-refractivity contribution in [3.8, 4) is 11.5 Å². The monoisotopic (exact) mass is 400 g/mol. The van der Waals surface area contributed by atoms with Gasteiger partial charge in [0, 0.05) is 22.8 Å². The van der Waals surface area contributed by atoms with Gasteiger partial charge >= 0.3 is 0 Å². The Morgan fingerprint density at radius 1 is 1.19 bits per heavy atom. The van der Waals surface area contributed by atoms with E-state index in [9.17, 15) is 4.79 Å². The molecule has 6 nitrogen and oxygen atoms in total. The largest absolute Gasteiger partial charge is 0.463 e. The molecule has 0 aliphatic heterocycles. The molecule has 3 aromatic heterocycles. The molecule has 0 radical (unpaired) electrons. The fourth-order valence-corrected chi connectivity index (χ4v) is 3.52. The van der Waals surface area contributed by atoms with Gasteiger partial charge in [0.1, 0.15) is 5.69 Å². The van der Waals surface area contributed by atoms with Crippen LogP contribution in [0.4, 0.5) is 5.69 Å². The Balaban J connectivity index is 1.85. The second-order valence-electron chi connectivity index (χ2n) is 6.05. The lowest BCUT2D eigenvalue weighted by Gasteiger charge is -2.09. The van der Waals surface area contributed by atoms with E-state index in [0.717, 1.165) is 0 Å². The van der Waals surface area contributed by atoms with Crippen molar-refractivity contribution in [2.45, 2.75) is 6.92 Å². The molecule has 4 aromatic rings. The number of carbonyl (C=O) groups is 1. The van der Waals surface area contributed by atoms with Gasteiger partial charge in [0.05, 0.1) is 22.9 Å². The Bertz CT molecular complexity index is 1150. The Morgan fingerprint density at radius 3 is 2.59 bits per heavy atom. The van der Waals surface area contributed by atoms with E-state index in [0.29, 0.717) is 49.5 Å². The van der Waals surface area contributed by atoms with Crippen LogP contribution in [-0.4, -0.2) is 20.7 Å². The van der Waals surface area contributed by atoms with Crippen molar-refractivity contribution >= 4 is 45.8 Å². The topological polar surface area (TPSA) is 73.0 Å². The summed E-state index contributed by atoms with van der Waals surface area (Å²) in [5.74, 6) is 0.250. The van der Waals surface area contributed by atoms with Gasteiger partial charge in [-0.15, -0.1) is 0 Å². The van der Waals surface area contributed by atoms with E-state index in [1.807, 2.05) is 6.92 Å². The number of amides is 1. The normalized spacial score (nSPS) is 11.1. The van der Waals surface area contributed by atoms with E-state index in [1.165, 1.54) is 0 Å². The third-order valence-electron chi connectivity index (χ3n) is 4.11. The first-order valence-corrected chi connectivity index (χ1v) is 8.83. The van der Waals surface area contributed by atoms with Gasteiger partial charge in [-0.25, -0.2) is 4.98 Å². The van der Waals surface area contributed by atoms with Gasteiger partial charge in [0.2, 0.25) is 0 Å². The predicted octanol–water partition coefficient (Wildman–Crippen LogP) is 5.10. The minimum absolute atomic E-state index is 0.315. The van der Waals surface area contributed by atoms with Gasteiger partial charge in [-0.3, -0.25) is 9.48 Å². The fourth-order valence-electron chi connectivity index (χ4n) is 3.00. The Kier molecular flexibility index (Phi) is 4.37. The summed E-state index contributed by atoms with van der Waals surface area (Å²) >= 11 is 12.0. The lowest BCUT2D eigenvalue weighted by molar-refractivity contribution is 0.102. The fraction of sp³-hybridized carbons (Fsp3) is 0.105. The van der Waals surface area contributed by atoms with Crippen molar-refractivity contribution < 1.29 is 9.21 Å². The van der Waals surface area contributed by atoms with Gasteiger partial charge in [-0.1, -0.05) is 23.2 Å². The van der Waals surface area contributed by atoms with E-state index in [1.54, 1.807) is 54.4 Å². The van der Waals surface area contributed by atoms with Gasteiger partial charge in [-0.05, 0) is 43.3 Å². The van der Waals surface area contributed by atoms with Crippen molar-refractivity contribution in [3.63, 3.8) is 0 Å². The average molecular weight is 401 g/mol. The Hall–Kier alpha value is -2.83. The number of pyridine rings is 1. The standard InChI is InChI=1S/C19H14Cl2N4O2/c1-10-17-14(19(26)22-13-7-11(20)6-12(21)8-13)9-15(16-4-3-5-27-16)23-18(17)25(2)24-10/h3-9H,1-2H3,(H,22,26). The van der Waals surface area contributed by atoms with E-state index in [2.05, 4.69) is 15.4 Å². The quantitative estimate of drug-likeness (QED) is 0.519. The Labute approximate surface area is 164 Å². The lowest BCUT2D eigenvalue weighted by atomic mass is 10.1. The zero-order chi connectivity index (χ0) is 19.1. The molecule has 0 unspecified atom stereocenters. The van der Waals surface area contributed by atoms with E-state index < -0.39 is 0 Å². The number of aryl methyl sites for hydroxylation is 2. The first kappa shape index (κ1) is 17.6. The van der Waals surface area contributed by atoms with E-state index in [-0.39, 0.29) is 5.91 Å². The number of benzene rings is 1. The molecule has 1 amide bonds. The predicted molar refractivity (Wildman–Crippen MR) is 105 cm³/mol. The van der Waals surface area contributed by atoms with Gasteiger partial charge < -0.3 is 9.73 Å². The number of fused-ring (bicyclic) bond motifs is 1. The molecule has 0 bridgehead atoms. The van der Waals surface area contributed by atoms with Crippen molar-refractivity contribution in [1.29, 1.82) is 0 Å². The van der Waals surface area contributed by atoms with Crippen molar-refractivity contribution in [2.24, 2.45) is 7.05 Å². The van der Waals surface area contributed by atoms with Crippen molar-refractivity contribution in [3.05, 3.63) is 64.0 Å². The summed E-state index contributed by atoms with van der Waals surface area (Å²) in [6, 6.07) is 10.1. The van der Waals surface area contributed by atoms with Crippen LogP contribution in [0, 0.1) is 6.92 Å². The molecule has 8 heteroatoms. The number of hydrogen-bond acceptors (Lipinski definition) is 4. The van der Waals surface area contributed by atoms with Crippen LogP contribution in [0.2, 0.25) is 10.0 Å². The molecule has 1 N–H and O–H groups in total. The highest BCUT2D eigenvalue weighted by Gasteiger charge is 2.20. The summed E-state index contributed by atoms with van der Waals surface area (Å²) in [6.45, 7) is 1.84. The summed E-state index contributed by atoms with van der Waals surface area (Å²) in [5.41, 5.74) is 2.79. The number of furan rings is 1. The molecule has 4 rings (SSSR count). The number of hydrogen-bond donors (Lipinski definition) is 1. The van der Waals surface area contributed by atoms with Crippen LogP contribution >= 0.6 is 23.2 Å². The van der Waals surface area contributed by atoms with Gasteiger partial charge in [0.25, 0.3) is 5.91 Å². The first-order valence-electron chi connectivity index (χ1n) is 8.08. The summed E-state index contributed by atoms with van der Waals surface area (Å²) in [7, 11) is 1.78. The summed E-state index contributed by atoms with van der Waals surface area (Å²) in [5, 5.41) is 8.78. The molecule has 1 aromatic carbocycles. The van der Waals surface area contributed by atoms with E-state index in [4.69, 9.17) is 27.6 Å². The zero-order valence-electron chi connectivity index (χ0n) is 14.5.